The van der Waals surface area contributed by atoms with Crippen LogP contribution in [0.1, 0.15) is 133 Å². The van der Waals surface area contributed by atoms with Crippen molar-refractivity contribution in [3.8, 4) is 0 Å². The van der Waals surface area contributed by atoms with Crippen LogP contribution in [-0.2, 0) is 44.9 Å². The fourth-order valence-corrected chi connectivity index (χ4v) is 9.40. The standard InChI is InChI=1S/C24H29NO4S.C21H25NO4S2/c1-3-16-7-9-17(10-8-16)22(29)19-13-18(4-2)30-23(19)25-20(26)14-24(15-21(27)28)11-5-6-12-24;1-5-13-7-9-14(10-8-13)18(24)16-11-15(6-2)28-19(16)22-17(23)12-27-21(3,4)20(25)26/h7-10,13H,3-6,11-12,14-15H2,1-2H3,(H,25,26)(H,27,28);7-11H,5-6,12H2,1-4H3,(H,22,23)(H,25,26). The maximum absolute atomic E-state index is 13.1. The summed E-state index contributed by atoms with van der Waals surface area (Å²) in [6, 6.07) is 18.7. The van der Waals surface area contributed by atoms with E-state index in [0.29, 0.717) is 32.3 Å². The molecule has 310 valence electrons. The van der Waals surface area contributed by atoms with Gasteiger partial charge in [-0.1, -0.05) is 89.1 Å². The maximum Gasteiger partial charge on any atom is 0.319 e. The third-order valence-electron chi connectivity index (χ3n) is 10.3. The van der Waals surface area contributed by atoms with Crippen LogP contribution in [0.5, 0.6) is 0 Å². The van der Waals surface area contributed by atoms with Gasteiger partial charge >= 0.3 is 11.9 Å². The summed E-state index contributed by atoms with van der Waals surface area (Å²) in [4.78, 5) is 75.8. The van der Waals surface area contributed by atoms with Gasteiger partial charge in [-0.15, -0.1) is 34.4 Å². The predicted octanol–water partition coefficient (Wildman–Crippen LogP) is 10.1. The summed E-state index contributed by atoms with van der Waals surface area (Å²) >= 11 is 3.85. The fraction of sp³-hybridized carbons (Fsp3) is 0.422. The molecule has 2 aromatic carbocycles. The highest BCUT2D eigenvalue weighted by molar-refractivity contribution is 8.02. The molecule has 2 heterocycles. The summed E-state index contributed by atoms with van der Waals surface area (Å²) in [5, 5.41) is 25.2. The molecule has 10 nitrogen and oxygen atoms in total. The first-order valence-electron chi connectivity index (χ1n) is 19.7. The molecular weight excluding hydrogens is 793 g/mol. The zero-order chi connectivity index (χ0) is 42.6. The van der Waals surface area contributed by atoms with Crippen LogP contribution in [-0.4, -0.2) is 56.0 Å². The number of carboxylic acid groups (broad SMARTS) is 2. The minimum Gasteiger partial charge on any atom is -0.481 e. The van der Waals surface area contributed by atoms with E-state index in [9.17, 15) is 33.9 Å². The maximum atomic E-state index is 13.1. The number of nitrogens with one attached hydrogen (secondary N) is 2. The zero-order valence-corrected chi connectivity index (χ0v) is 36.6. The molecule has 2 amide bonds. The highest BCUT2D eigenvalue weighted by atomic mass is 32.2. The Hall–Kier alpha value is -4.59. The van der Waals surface area contributed by atoms with E-state index in [1.54, 1.807) is 26.0 Å². The van der Waals surface area contributed by atoms with Crippen molar-refractivity contribution in [1.82, 2.24) is 0 Å². The van der Waals surface area contributed by atoms with E-state index in [1.165, 1.54) is 28.2 Å². The monoisotopic (exact) mass is 846 g/mol. The third-order valence-corrected chi connectivity index (χ3v) is 14.0. The van der Waals surface area contributed by atoms with Crippen molar-refractivity contribution >= 4 is 79.8 Å². The molecule has 1 aliphatic rings. The van der Waals surface area contributed by atoms with Crippen molar-refractivity contribution < 1.29 is 39.0 Å². The Morgan fingerprint density at radius 2 is 1.09 bits per heavy atom. The molecule has 2 aromatic heterocycles. The molecule has 1 aliphatic carbocycles. The van der Waals surface area contributed by atoms with Crippen molar-refractivity contribution in [2.45, 2.75) is 110 Å². The second-order valence-corrected chi connectivity index (χ2v) is 18.9. The number of anilines is 2. The molecule has 1 saturated carbocycles. The number of benzene rings is 2. The Balaban J connectivity index is 0.000000257. The normalized spacial score (nSPS) is 13.3. The SMILES string of the molecule is CCc1ccc(C(=O)c2cc(CC)sc2NC(=O)CC2(CC(=O)O)CCCC2)cc1.CCc1ccc(C(=O)c2cc(CC)sc2NC(=O)CSC(C)(C)C(=O)O)cc1. The summed E-state index contributed by atoms with van der Waals surface area (Å²) < 4.78 is -1.05. The average molecular weight is 847 g/mol. The van der Waals surface area contributed by atoms with Gasteiger partial charge in [0.05, 0.1) is 23.3 Å². The number of aryl methyl sites for hydroxylation is 4. The number of thiophene rings is 2. The molecule has 13 heteroatoms. The number of carbonyl (C=O) groups excluding carboxylic acids is 4. The molecule has 4 aromatic rings. The molecule has 0 atom stereocenters. The number of rotatable bonds is 18. The Morgan fingerprint density at radius 3 is 1.47 bits per heavy atom. The van der Waals surface area contributed by atoms with E-state index in [0.717, 1.165) is 78.4 Å². The molecule has 0 bridgehead atoms. The number of carboxylic acids is 2. The summed E-state index contributed by atoms with van der Waals surface area (Å²) in [6.07, 6.45) is 6.96. The van der Waals surface area contributed by atoms with Crippen LogP contribution in [0.3, 0.4) is 0 Å². The Labute approximate surface area is 353 Å². The van der Waals surface area contributed by atoms with Gasteiger partial charge in [-0.3, -0.25) is 28.8 Å². The Bertz CT molecular complexity index is 2090. The number of hydrogen-bond donors (Lipinski definition) is 4. The van der Waals surface area contributed by atoms with E-state index < -0.39 is 22.1 Å². The van der Waals surface area contributed by atoms with Crippen LogP contribution in [0.4, 0.5) is 10.0 Å². The minimum absolute atomic E-state index is 0.00249. The lowest BCUT2D eigenvalue weighted by Gasteiger charge is -2.26. The topological polar surface area (TPSA) is 167 Å². The molecular formula is C45H54N2O8S3. The Morgan fingerprint density at radius 1 is 0.655 bits per heavy atom. The van der Waals surface area contributed by atoms with Crippen molar-refractivity contribution in [1.29, 1.82) is 0 Å². The number of amides is 2. The van der Waals surface area contributed by atoms with Crippen LogP contribution >= 0.6 is 34.4 Å². The molecule has 0 unspecified atom stereocenters. The molecule has 4 N–H and O–H groups in total. The summed E-state index contributed by atoms with van der Waals surface area (Å²) in [6.45, 7) is 11.2. The number of hydrogen-bond acceptors (Lipinski definition) is 9. The molecule has 58 heavy (non-hydrogen) atoms. The lowest BCUT2D eigenvalue weighted by atomic mass is 9.79. The quantitative estimate of drug-likeness (QED) is 0.0713. The van der Waals surface area contributed by atoms with Gasteiger partial charge in [0.25, 0.3) is 0 Å². The van der Waals surface area contributed by atoms with Crippen LogP contribution in [0, 0.1) is 5.41 Å². The van der Waals surface area contributed by atoms with E-state index in [1.807, 2.05) is 62.4 Å². The first-order valence-corrected chi connectivity index (χ1v) is 22.4. The summed E-state index contributed by atoms with van der Waals surface area (Å²) in [5.74, 6) is -2.60. The van der Waals surface area contributed by atoms with Crippen LogP contribution in [0.15, 0.2) is 60.7 Å². The van der Waals surface area contributed by atoms with Crippen molar-refractivity contribution in [2.24, 2.45) is 5.41 Å². The highest BCUT2D eigenvalue weighted by Gasteiger charge is 2.38. The van der Waals surface area contributed by atoms with Gasteiger partial charge in [-0.25, -0.2) is 0 Å². The lowest BCUT2D eigenvalue weighted by molar-refractivity contribution is -0.140. The van der Waals surface area contributed by atoms with Crippen LogP contribution in [0.2, 0.25) is 0 Å². The summed E-state index contributed by atoms with van der Waals surface area (Å²) in [7, 11) is 0. The van der Waals surface area contributed by atoms with Gasteiger partial charge < -0.3 is 20.8 Å². The molecule has 1 fully saturated rings. The van der Waals surface area contributed by atoms with Gasteiger partial charge in [-0.2, -0.15) is 0 Å². The predicted molar refractivity (Wildman–Crippen MR) is 235 cm³/mol. The highest BCUT2D eigenvalue weighted by Crippen LogP contribution is 2.44. The smallest absolute Gasteiger partial charge is 0.319 e. The second-order valence-electron chi connectivity index (χ2n) is 15.0. The van der Waals surface area contributed by atoms with Crippen molar-refractivity contribution in [3.05, 3.63) is 104 Å². The number of aliphatic carboxylic acids is 2. The van der Waals surface area contributed by atoms with Gasteiger partial charge in [-0.05, 0) is 81.0 Å². The lowest BCUT2D eigenvalue weighted by Crippen LogP contribution is -2.29. The molecule has 0 saturated heterocycles. The van der Waals surface area contributed by atoms with E-state index in [2.05, 4.69) is 24.5 Å². The largest absolute Gasteiger partial charge is 0.481 e. The van der Waals surface area contributed by atoms with Gasteiger partial charge in [0.15, 0.2) is 11.6 Å². The number of carbonyl (C=O) groups is 6. The van der Waals surface area contributed by atoms with Crippen molar-refractivity contribution in [3.63, 3.8) is 0 Å². The molecule has 0 aliphatic heterocycles. The zero-order valence-electron chi connectivity index (χ0n) is 34.1. The molecule has 5 rings (SSSR count). The third kappa shape index (κ3) is 12.5. The van der Waals surface area contributed by atoms with E-state index in [-0.39, 0.29) is 42.0 Å². The van der Waals surface area contributed by atoms with Crippen molar-refractivity contribution in [2.75, 3.05) is 16.4 Å². The molecule has 0 radical (unpaired) electrons. The van der Waals surface area contributed by atoms with Gasteiger partial charge in [0.1, 0.15) is 14.7 Å². The van der Waals surface area contributed by atoms with E-state index >= 15 is 0 Å². The van der Waals surface area contributed by atoms with Gasteiger partial charge in [0, 0.05) is 27.3 Å². The minimum atomic E-state index is -1.05. The van der Waals surface area contributed by atoms with Crippen LogP contribution < -0.4 is 10.6 Å². The van der Waals surface area contributed by atoms with Crippen LogP contribution in [0.25, 0.3) is 0 Å². The number of ketones is 2. The first kappa shape index (κ1) is 46.1. The molecule has 0 spiro atoms. The first-order chi connectivity index (χ1) is 27.5. The Kier molecular flexibility index (Phi) is 16.6. The summed E-state index contributed by atoms with van der Waals surface area (Å²) in [5.41, 5.74) is 4.01. The average Bonchev–Trinajstić information content (AvgIpc) is 3.95. The number of thioether (sulfide) groups is 1. The second kappa shape index (κ2) is 20.9. The fourth-order valence-electron chi connectivity index (χ4n) is 6.69. The van der Waals surface area contributed by atoms with E-state index in [4.69, 9.17) is 5.11 Å². The van der Waals surface area contributed by atoms with Gasteiger partial charge in [0.2, 0.25) is 11.8 Å².